The van der Waals surface area contributed by atoms with Crippen molar-refractivity contribution in [1.29, 1.82) is 0 Å². The first-order chi connectivity index (χ1) is 12.1. The Morgan fingerprint density at radius 2 is 2.28 bits per heavy atom. The van der Waals surface area contributed by atoms with Crippen molar-refractivity contribution in [3.63, 3.8) is 0 Å². The molecule has 0 radical (unpaired) electrons. The smallest absolute Gasteiger partial charge is 0.246 e. The van der Waals surface area contributed by atoms with Gasteiger partial charge in [0.25, 0.3) is 0 Å². The van der Waals surface area contributed by atoms with E-state index in [0.29, 0.717) is 13.1 Å². The molecule has 1 aromatic carbocycles. The standard InChI is InChI=1S/C19H27FN2O3/c1-24-13-18(23)21-11-16-6-4-8-19(25-16)9-10-22(14-19)12-15-5-2-3-7-17(15)20/h2-3,5,7,16H,4,6,8-14H2,1H3,(H,21,23)/t16-,19+/m0/s1. The van der Waals surface area contributed by atoms with Gasteiger partial charge in [0.15, 0.2) is 0 Å². The molecule has 1 aromatic rings. The summed E-state index contributed by atoms with van der Waals surface area (Å²) in [5, 5.41) is 2.87. The Labute approximate surface area is 148 Å². The van der Waals surface area contributed by atoms with Crippen LogP contribution in [0.25, 0.3) is 0 Å². The first-order valence-corrected chi connectivity index (χ1v) is 8.99. The molecule has 1 N–H and O–H groups in total. The van der Waals surface area contributed by atoms with Crippen LogP contribution in [0.4, 0.5) is 4.39 Å². The molecule has 2 atom stereocenters. The first kappa shape index (κ1) is 18.3. The third-order valence-corrected chi connectivity index (χ3v) is 5.12. The zero-order chi connectivity index (χ0) is 17.7. The summed E-state index contributed by atoms with van der Waals surface area (Å²) >= 11 is 0. The molecule has 0 saturated carbocycles. The number of amides is 1. The van der Waals surface area contributed by atoms with Gasteiger partial charge in [0.2, 0.25) is 5.91 Å². The fraction of sp³-hybridized carbons (Fsp3) is 0.632. The lowest BCUT2D eigenvalue weighted by atomic mass is 9.90. The Balaban J connectivity index is 1.52. The predicted molar refractivity (Wildman–Crippen MR) is 92.6 cm³/mol. The number of benzene rings is 1. The summed E-state index contributed by atoms with van der Waals surface area (Å²) in [6, 6.07) is 6.95. The van der Waals surface area contributed by atoms with Gasteiger partial charge < -0.3 is 14.8 Å². The highest BCUT2D eigenvalue weighted by Crippen LogP contribution is 2.37. The van der Waals surface area contributed by atoms with E-state index in [2.05, 4.69) is 10.2 Å². The molecule has 1 spiro atoms. The van der Waals surface area contributed by atoms with Gasteiger partial charge in [-0.05, 0) is 31.7 Å². The number of halogens is 1. The Bertz CT molecular complexity index is 598. The molecule has 0 bridgehead atoms. The molecule has 2 aliphatic rings. The molecule has 2 heterocycles. The van der Waals surface area contributed by atoms with Gasteiger partial charge in [0, 0.05) is 38.9 Å². The van der Waals surface area contributed by atoms with Crippen LogP contribution in [0.15, 0.2) is 24.3 Å². The van der Waals surface area contributed by atoms with Gasteiger partial charge in [-0.1, -0.05) is 18.2 Å². The third kappa shape index (κ3) is 4.77. The van der Waals surface area contributed by atoms with Crippen LogP contribution in [0.2, 0.25) is 0 Å². The summed E-state index contributed by atoms with van der Waals surface area (Å²) in [6.07, 6.45) is 4.09. The van der Waals surface area contributed by atoms with Crippen molar-refractivity contribution < 1.29 is 18.7 Å². The summed E-state index contributed by atoms with van der Waals surface area (Å²) in [5.41, 5.74) is 0.582. The van der Waals surface area contributed by atoms with Crippen LogP contribution in [0.1, 0.15) is 31.2 Å². The maximum absolute atomic E-state index is 13.9. The van der Waals surface area contributed by atoms with Gasteiger partial charge in [-0.15, -0.1) is 0 Å². The molecule has 25 heavy (non-hydrogen) atoms. The number of hydrogen-bond acceptors (Lipinski definition) is 4. The average Bonchev–Trinajstić information content (AvgIpc) is 2.97. The van der Waals surface area contributed by atoms with Gasteiger partial charge >= 0.3 is 0 Å². The second-order valence-corrected chi connectivity index (χ2v) is 7.10. The molecule has 0 aliphatic carbocycles. The van der Waals surface area contributed by atoms with Crippen LogP contribution in [-0.2, 0) is 20.8 Å². The number of carbonyl (C=O) groups is 1. The van der Waals surface area contributed by atoms with Gasteiger partial charge in [-0.2, -0.15) is 0 Å². The zero-order valence-corrected chi connectivity index (χ0v) is 14.8. The number of methoxy groups -OCH3 is 1. The summed E-state index contributed by atoms with van der Waals surface area (Å²) in [6.45, 7) is 2.96. The topological polar surface area (TPSA) is 50.8 Å². The highest BCUT2D eigenvalue weighted by atomic mass is 19.1. The highest BCUT2D eigenvalue weighted by molar-refractivity contribution is 5.77. The lowest BCUT2D eigenvalue weighted by molar-refractivity contribution is -0.132. The minimum atomic E-state index is -0.153. The second-order valence-electron chi connectivity index (χ2n) is 7.10. The molecular formula is C19H27FN2O3. The summed E-state index contributed by atoms with van der Waals surface area (Å²) < 4.78 is 25.1. The van der Waals surface area contributed by atoms with Crippen LogP contribution in [0.3, 0.4) is 0 Å². The van der Waals surface area contributed by atoms with Crippen molar-refractivity contribution >= 4 is 5.91 Å². The Hall–Kier alpha value is -1.50. The predicted octanol–water partition coefficient (Wildman–Crippen LogP) is 2.10. The van der Waals surface area contributed by atoms with E-state index in [1.807, 2.05) is 12.1 Å². The lowest BCUT2D eigenvalue weighted by Gasteiger charge is -2.39. The molecule has 0 unspecified atom stereocenters. The number of nitrogens with one attached hydrogen (secondary N) is 1. The maximum atomic E-state index is 13.9. The SMILES string of the molecule is COCC(=O)NC[C@@H]1CCC[C@]2(CCN(Cc3ccccc3F)C2)O1. The van der Waals surface area contributed by atoms with Crippen molar-refractivity contribution in [2.24, 2.45) is 0 Å². The number of likely N-dealkylation sites (tertiary alicyclic amines) is 1. The number of ether oxygens (including phenoxy) is 2. The van der Waals surface area contributed by atoms with E-state index >= 15 is 0 Å². The van der Waals surface area contributed by atoms with Crippen molar-refractivity contribution in [3.8, 4) is 0 Å². The van der Waals surface area contributed by atoms with E-state index in [-0.39, 0.29) is 30.0 Å². The third-order valence-electron chi connectivity index (χ3n) is 5.12. The first-order valence-electron chi connectivity index (χ1n) is 8.99. The molecule has 0 aromatic heterocycles. The minimum absolute atomic E-state index is 0.0444. The quantitative estimate of drug-likeness (QED) is 0.854. The molecule has 3 rings (SSSR count). The Kier molecular flexibility index (Phi) is 6.04. The van der Waals surface area contributed by atoms with Gasteiger partial charge in [-0.25, -0.2) is 4.39 Å². The largest absolute Gasteiger partial charge is 0.375 e. The fourth-order valence-electron chi connectivity index (χ4n) is 3.91. The van der Waals surface area contributed by atoms with Gasteiger partial charge in [-0.3, -0.25) is 9.69 Å². The van der Waals surface area contributed by atoms with E-state index < -0.39 is 0 Å². The van der Waals surface area contributed by atoms with Crippen LogP contribution in [-0.4, -0.2) is 55.9 Å². The molecule has 2 saturated heterocycles. The molecule has 1 amide bonds. The molecule has 2 fully saturated rings. The summed E-state index contributed by atoms with van der Waals surface area (Å²) in [5.74, 6) is -0.259. The number of hydrogen-bond donors (Lipinski definition) is 1. The van der Waals surface area contributed by atoms with E-state index in [1.54, 1.807) is 6.07 Å². The monoisotopic (exact) mass is 350 g/mol. The van der Waals surface area contributed by atoms with Gasteiger partial charge in [0.1, 0.15) is 12.4 Å². The van der Waals surface area contributed by atoms with Crippen LogP contribution in [0, 0.1) is 5.82 Å². The number of carbonyl (C=O) groups excluding carboxylic acids is 1. The van der Waals surface area contributed by atoms with Crippen LogP contribution >= 0.6 is 0 Å². The molecule has 5 nitrogen and oxygen atoms in total. The molecular weight excluding hydrogens is 323 g/mol. The number of rotatable bonds is 6. The van der Waals surface area contributed by atoms with E-state index in [9.17, 15) is 9.18 Å². The zero-order valence-electron chi connectivity index (χ0n) is 14.8. The van der Waals surface area contributed by atoms with Crippen molar-refractivity contribution in [1.82, 2.24) is 10.2 Å². The van der Waals surface area contributed by atoms with Crippen molar-refractivity contribution in [2.75, 3.05) is 33.4 Å². The van der Waals surface area contributed by atoms with Gasteiger partial charge in [0.05, 0.1) is 11.7 Å². The van der Waals surface area contributed by atoms with E-state index in [1.165, 1.54) is 13.2 Å². The maximum Gasteiger partial charge on any atom is 0.246 e. The second kappa shape index (κ2) is 8.25. The fourth-order valence-corrected chi connectivity index (χ4v) is 3.91. The van der Waals surface area contributed by atoms with Crippen LogP contribution < -0.4 is 5.32 Å². The normalized spacial score (nSPS) is 26.9. The van der Waals surface area contributed by atoms with E-state index in [4.69, 9.17) is 9.47 Å². The molecule has 6 heteroatoms. The highest BCUT2D eigenvalue weighted by Gasteiger charge is 2.42. The molecule has 2 aliphatic heterocycles. The average molecular weight is 350 g/mol. The minimum Gasteiger partial charge on any atom is -0.375 e. The summed E-state index contributed by atoms with van der Waals surface area (Å²) in [4.78, 5) is 13.8. The Morgan fingerprint density at radius 1 is 1.44 bits per heavy atom. The molecule has 138 valence electrons. The van der Waals surface area contributed by atoms with Crippen molar-refractivity contribution in [2.45, 2.75) is 43.9 Å². The number of nitrogens with zero attached hydrogens (tertiary/aromatic N) is 1. The summed E-state index contributed by atoms with van der Waals surface area (Å²) in [7, 11) is 1.51. The lowest BCUT2D eigenvalue weighted by Crippen LogP contribution is -2.47. The Morgan fingerprint density at radius 3 is 3.08 bits per heavy atom. The van der Waals surface area contributed by atoms with Crippen molar-refractivity contribution in [3.05, 3.63) is 35.6 Å². The van der Waals surface area contributed by atoms with E-state index in [0.717, 1.165) is 44.3 Å². The van der Waals surface area contributed by atoms with Crippen LogP contribution in [0.5, 0.6) is 0 Å².